The third kappa shape index (κ3) is 4.33. The number of benzene rings is 1. The summed E-state index contributed by atoms with van der Waals surface area (Å²) in [6, 6.07) is 9.60. The standard InChI is InChI=1S/C14H18BrN5S/c1-2-10(16)13(8-4-3-5-9(15)6-8)21-14-19-11(17)7-12(18)20-14/h3-7,10,13H,2,16H2,1H3,(H4,17,18,19,20). The number of hydrogen-bond acceptors (Lipinski definition) is 6. The Morgan fingerprint density at radius 3 is 2.43 bits per heavy atom. The Bertz CT molecular complexity index is 602. The maximum Gasteiger partial charge on any atom is 0.192 e. The molecular formula is C14H18BrN5S. The normalized spacial score (nSPS) is 13.9. The predicted molar refractivity (Wildman–Crippen MR) is 91.9 cm³/mol. The number of nitrogen functional groups attached to an aromatic ring is 2. The van der Waals surface area contributed by atoms with Gasteiger partial charge in [0.05, 0.1) is 5.25 Å². The van der Waals surface area contributed by atoms with Crippen LogP contribution in [0.4, 0.5) is 11.6 Å². The zero-order chi connectivity index (χ0) is 15.4. The second-order valence-corrected chi connectivity index (χ2v) is 6.69. The first-order valence-electron chi connectivity index (χ1n) is 6.57. The molecule has 21 heavy (non-hydrogen) atoms. The molecule has 1 aromatic carbocycles. The lowest BCUT2D eigenvalue weighted by Gasteiger charge is -2.22. The summed E-state index contributed by atoms with van der Waals surface area (Å²) in [5.41, 5.74) is 18.8. The van der Waals surface area contributed by atoms with Gasteiger partial charge in [-0.25, -0.2) is 9.97 Å². The van der Waals surface area contributed by atoms with E-state index in [9.17, 15) is 0 Å². The third-order valence-electron chi connectivity index (χ3n) is 3.02. The number of nitrogens with zero attached hydrogens (tertiary/aromatic N) is 2. The number of hydrogen-bond donors (Lipinski definition) is 3. The second kappa shape index (κ2) is 7.11. The van der Waals surface area contributed by atoms with E-state index >= 15 is 0 Å². The zero-order valence-electron chi connectivity index (χ0n) is 11.7. The minimum atomic E-state index is -0.0180. The van der Waals surface area contributed by atoms with Gasteiger partial charge in [-0.2, -0.15) is 0 Å². The fourth-order valence-electron chi connectivity index (χ4n) is 1.93. The van der Waals surface area contributed by atoms with Crippen LogP contribution >= 0.6 is 27.7 Å². The van der Waals surface area contributed by atoms with Gasteiger partial charge >= 0.3 is 0 Å². The molecule has 1 aromatic heterocycles. The molecule has 0 fully saturated rings. The molecule has 6 N–H and O–H groups in total. The quantitative estimate of drug-likeness (QED) is 0.554. The zero-order valence-corrected chi connectivity index (χ0v) is 14.1. The van der Waals surface area contributed by atoms with E-state index in [0.29, 0.717) is 16.8 Å². The predicted octanol–water partition coefficient (Wildman–Crippen LogP) is 2.97. The number of aromatic nitrogens is 2. The highest BCUT2D eigenvalue weighted by atomic mass is 79.9. The van der Waals surface area contributed by atoms with Gasteiger partial charge in [-0.1, -0.05) is 46.7 Å². The van der Waals surface area contributed by atoms with Gasteiger partial charge in [-0.05, 0) is 24.1 Å². The fourth-order valence-corrected chi connectivity index (χ4v) is 3.54. The highest BCUT2D eigenvalue weighted by molar-refractivity contribution is 9.10. The lowest BCUT2D eigenvalue weighted by atomic mass is 10.0. The van der Waals surface area contributed by atoms with Crippen molar-refractivity contribution in [3.63, 3.8) is 0 Å². The smallest absolute Gasteiger partial charge is 0.192 e. The van der Waals surface area contributed by atoms with Crippen LogP contribution in [0.15, 0.2) is 40.0 Å². The molecule has 1 heterocycles. The van der Waals surface area contributed by atoms with E-state index in [-0.39, 0.29) is 11.3 Å². The molecule has 112 valence electrons. The van der Waals surface area contributed by atoms with Crippen LogP contribution in [-0.4, -0.2) is 16.0 Å². The van der Waals surface area contributed by atoms with E-state index in [4.69, 9.17) is 17.2 Å². The number of rotatable bonds is 5. The van der Waals surface area contributed by atoms with Gasteiger partial charge in [0, 0.05) is 16.6 Å². The Kier molecular flexibility index (Phi) is 5.44. The van der Waals surface area contributed by atoms with E-state index < -0.39 is 0 Å². The highest BCUT2D eigenvalue weighted by Crippen LogP contribution is 2.37. The first-order chi connectivity index (χ1) is 9.99. The number of thioether (sulfide) groups is 1. The summed E-state index contributed by atoms with van der Waals surface area (Å²) in [5, 5.41) is 0.579. The summed E-state index contributed by atoms with van der Waals surface area (Å²) < 4.78 is 1.02. The van der Waals surface area contributed by atoms with Crippen molar-refractivity contribution >= 4 is 39.3 Å². The van der Waals surface area contributed by atoms with Crippen molar-refractivity contribution in [2.75, 3.05) is 11.5 Å². The molecule has 0 aliphatic carbocycles. The molecule has 0 radical (unpaired) electrons. The molecule has 0 saturated carbocycles. The van der Waals surface area contributed by atoms with Crippen molar-refractivity contribution in [1.82, 2.24) is 9.97 Å². The molecule has 2 unspecified atom stereocenters. The monoisotopic (exact) mass is 367 g/mol. The average molecular weight is 368 g/mol. The van der Waals surface area contributed by atoms with Crippen LogP contribution in [0.25, 0.3) is 0 Å². The summed E-state index contributed by atoms with van der Waals surface area (Å²) in [6.45, 7) is 2.06. The van der Waals surface area contributed by atoms with E-state index in [1.54, 1.807) is 0 Å². The van der Waals surface area contributed by atoms with Crippen LogP contribution in [-0.2, 0) is 0 Å². The van der Waals surface area contributed by atoms with E-state index in [1.807, 2.05) is 18.2 Å². The van der Waals surface area contributed by atoms with Crippen LogP contribution in [0.1, 0.15) is 24.2 Å². The van der Waals surface area contributed by atoms with Crippen molar-refractivity contribution in [1.29, 1.82) is 0 Å². The van der Waals surface area contributed by atoms with E-state index in [1.165, 1.54) is 17.8 Å². The average Bonchev–Trinajstić information content (AvgIpc) is 2.43. The minimum absolute atomic E-state index is 0.0180. The molecule has 0 amide bonds. The number of anilines is 2. The van der Waals surface area contributed by atoms with Crippen LogP contribution in [0.2, 0.25) is 0 Å². The Labute approximate surface area is 136 Å². The maximum atomic E-state index is 6.27. The van der Waals surface area contributed by atoms with Crippen LogP contribution in [0.3, 0.4) is 0 Å². The summed E-state index contributed by atoms with van der Waals surface area (Å²) in [6.07, 6.45) is 0.849. The molecular weight excluding hydrogens is 350 g/mol. The lowest BCUT2D eigenvalue weighted by Crippen LogP contribution is -2.26. The SMILES string of the molecule is CCC(N)C(Sc1nc(N)cc(N)n1)c1cccc(Br)c1. The summed E-state index contributed by atoms with van der Waals surface area (Å²) in [5.74, 6) is 0.728. The van der Waals surface area contributed by atoms with E-state index in [0.717, 1.165) is 16.5 Å². The molecule has 0 spiro atoms. The largest absolute Gasteiger partial charge is 0.383 e. The van der Waals surface area contributed by atoms with Crippen molar-refractivity contribution < 1.29 is 0 Å². The molecule has 0 bridgehead atoms. The number of nitrogens with two attached hydrogens (primary N) is 3. The Morgan fingerprint density at radius 2 is 1.86 bits per heavy atom. The summed E-state index contributed by atoms with van der Waals surface area (Å²) >= 11 is 4.97. The van der Waals surface area contributed by atoms with Crippen LogP contribution in [0, 0.1) is 0 Å². The highest BCUT2D eigenvalue weighted by Gasteiger charge is 2.22. The molecule has 7 heteroatoms. The van der Waals surface area contributed by atoms with Gasteiger partial charge in [-0.15, -0.1) is 0 Å². The topological polar surface area (TPSA) is 104 Å². The summed E-state index contributed by atoms with van der Waals surface area (Å²) in [4.78, 5) is 8.44. The Balaban J connectivity index is 2.32. The van der Waals surface area contributed by atoms with E-state index in [2.05, 4.69) is 38.9 Å². The van der Waals surface area contributed by atoms with Gasteiger partial charge in [0.1, 0.15) is 11.6 Å². The van der Waals surface area contributed by atoms with Gasteiger partial charge < -0.3 is 17.2 Å². The van der Waals surface area contributed by atoms with Crippen molar-refractivity contribution in [2.45, 2.75) is 29.8 Å². The molecule has 0 aliphatic rings. The van der Waals surface area contributed by atoms with Crippen LogP contribution < -0.4 is 17.2 Å². The fraction of sp³-hybridized carbons (Fsp3) is 0.286. The first-order valence-corrected chi connectivity index (χ1v) is 8.24. The third-order valence-corrected chi connectivity index (χ3v) is 4.78. The Morgan fingerprint density at radius 1 is 1.19 bits per heavy atom. The van der Waals surface area contributed by atoms with Gasteiger partial charge in [0.25, 0.3) is 0 Å². The lowest BCUT2D eigenvalue weighted by molar-refractivity contribution is 0.632. The molecule has 2 rings (SSSR count). The van der Waals surface area contributed by atoms with Gasteiger partial charge in [0.15, 0.2) is 5.16 Å². The number of halogens is 1. The molecule has 0 saturated heterocycles. The van der Waals surface area contributed by atoms with Crippen LogP contribution in [0.5, 0.6) is 0 Å². The van der Waals surface area contributed by atoms with Crippen molar-refractivity contribution in [3.05, 3.63) is 40.4 Å². The van der Waals surface area contributed by atoms with Crippen molar-refractivity contribution in [2.24, 2.45) is 5.73 Å². The molecule has 2 atom stereocenters. The first kappa shape index (κ1) is 16.1. The molecule has 0 aliphatic heterocycles. The van der Waals surface area contributed by atoms with Gasteiger partial charge in [-0.3, -0.25) is 0 Å². The summed E-state index contributed by atoms with van der Waals surface area (Å²) in [7, 11) is 0. The van der Waals surface area contributed by atoms with Gasteiger partial charge in [0.2, 0.25) is 0 Å². The minimum Gasteiger partial charge on any atom is -0.383 e. The molecule has 5 nitrogen and oxygen atoms in total. The molecule has 2 aromatic rings. The second-order valence-electron chi connectivity index (χ2n) is 4.67. The Hall–Kier alpha value is -1.31. The van der Waals surface area contributed by atoms with Crippen molar-refractivity contribution in [3.8, 4) is 0 Å². The maximum absolute atomic E-state index is 6.27.